The summed E-state index contributed by atoms with van der Waals surface area (Å²) in [6.07, 6.45) is -2.94. The number of hydrogen-bond acceptors (Lipinski definition) is 2. The van der Waals surface area contributed by atoms with E-state index in [1.165, 1.54) is 0 Å². The van der Waals surface area contributed by atoms with Crippen LogP contribution in [0.5, 0.6) is 0 Å². The molecule has 1 N–H and O–H groups in total. The van der Waals surface area contributed by atoms with Gasteiger partial charge >= 0.3 is 6.18 Å². The molecule has 0 aliphatic carbocycles. The minimum atomic E-state index is -4.05. The van der Waals surface area contributed by atoms with Crippen molar-refractivity contribution in [1.29, 1.82) is 0 Å². The van der Waals surface area contributed by atoms with Gasteiger partial charge in [0.15, 0.2) is 0 Å². The molecule has 0 atom stereocenters. The van der Waals surface area contributed by atoms with E-state index in [4.69, 9.17) is 0 Å². The number of aromatic nitrogens is 2. The highest BCUT2D eigenvalue weighted by Gasteiger charge is 2.25. The molecule has 1 aromatic heterocycles. The molecular formula is C10H16F3N3. The molecule has 0 fully saturated rings. The summed E-state index contributed by atoms with van der Waals surface area (Å²) in [6.45, 7) is 2.87. The Kier molecular flexibility index (Phi) is 4.35. The van der Waals surface area contributed by atoms with Crippen molar-refractivity contribution in [2.45, 2.75) is 32.5 Å². The first-order chi connectivity index (χ1) is 7.40. The molecule has 0 radical (unpaired) electrons. The Morgan fingerprint density at radius 3 is 2.62 bits per heavy atom. The Morgan fingerprint density at radius 2 is 2.12 bits per heavy atom. The van der Waals surface area contributed by atoms with E-state index in [2.05, 4.69) is 10.4 Å². The number of nitrogens with one attached hydrogen (secondary N) is 1. The van der Waals surface area contributed by atoms with E-state index in [1.54, 1.807) is 10.9 Å². The topological polar surface area (TPSA) is 29.9 Å². The van der Waals surface area contributed by atoms with Crippen LogP contribution >= 0.6 is 0 Å². The summed E-state index contributed by atoms with van der Waals surface area (Å²) in [4.78, 5) is 0. The molecular weight excluding hydrogens is 219 g/mol. The summed E-state index contributed by atoms with van der Waals surface area (Å²) in [5.41, 5.74) is 2.05. The number of nitrogens with zero attached hydrogens (tertiary/aromatic N) is 2. The molecule has 1 heterocycles. The number of alkyl halides is 3. The van der Waals surface area contributed by atoms with Crippen LogP contribution in [0.1, 0.15) is 24.1 Å². The van der Waals surface area contributed by atoms with Crippen molar-refractivity contribution in [3.63, 3.8) is 0 Å². The molecule has 0 saturated carbocycles. The molecule has 0 aromatic carbocycles. The van der Waals surface area contributed by atoms with E-state index in [0.29, 0.717) is 13.1 Å². The Morgan fingerprint density at radius 1 is 1.44 bits per heavy atom. The summed E-state index contributed by atoms with van der Waals surface area (Å²) in [6, 6.07) is 0. The van der Waals surface area contributed by atoms with Gasteiger partial charge in [-0.05, 0) is 19.9 Å². The van der Waals surface area contributed by atoms with Crippen LogP contribution in [0.2, 0.25) is 0 Å². The molecule has 1 rings (SSSR count). The largest absolute Gasteiger partial charge is 0.389 e. The molecule has 0 bridgehead atoms. The lowest BCUT2D eigenvalue weighted by Crippen LogP contribution is -2.18. The lowest BCUT2D eigenvalue weighted by atomic mass is 10.2. The third-order valence-corrected chi connectivity index (χ3v) is 2.47. The molecule has 0 aliphatic heterocycles. The molecule has 3 nitrogen and oxygen atoms in total. The fourth-order valence-electron chi connectivity index (χ4n) is 1.35. The van der Waals surface area contributed by atoms with Crippen LogP contribution in [0.3, 0.4) is 0 Å². The maximum Gasteiger partial charge on any atom is 0.389 e. The number of rotatable bonds is 5. The highest BCUT2D eigenvalue weighted by molar-refractivity contribution is 5.15. The van der Waals surface area contributed by atoms with Gasteiger partial charge < -0.3 is 5.32 Å². The maximum atomic E-state index is 11.8. The van der Waals surface area contributed by atoms with E-state index in [0.717, 1.165) is 11.3 Å². The first kappa shape index (κ1) is 13.0. The van der Waals surface area contributed by atoms with Crippen molar-refractivity contribution >= 4 is 0 Å². The van der Waals surface area contributed by atoms with Gasteiger partial charge in [-0.25, -0.2) is 0 Å². The van der Waals surface area contributed by atoms with Gasteiger partial charge in [0, 0.05) is 31.3 Å². The smallest absolute Gasteiger partial charge is 0.313 e. The van der Waals surface area contributed by atoms with Crippen LogP contribution in [0, 0.1) is 6.92 Å². The van der Waals surface area contributed by atoms with Crippen molar-refractivity contribution in [1.82, 2.24) is 15.1 Å². The zero-order chi connectivity index (χ0) is 12.2. The lowest BCUT2D eigenvalue weighted by Gasteiger charge is -2.07. The first-order valence-electron chi connectivity index (χ1n) is 5.15. The molecule has 0 saturated heterocycles. The van der Waals surface area contributed by atoms with Gasteiger partial charge in [-0.1, -0.05) is 0 Å². The van der Waals surface area contributed by atoms with Gasteiger partial charge in [-0.3, -0.25) is 4.68 Å². The highest BCUT2D eigenvalue weighted by atomic mass is 19.4. The van der Waals surface area contributed by atoms with Crippen molar-refractivity contribution in [3.05, 3.63) is 17.5 Å². The first-order valence-corrected chi connectivity index (χ1v) is 5.15. The monoisotopic (exact) mass is 235 g/mol. The summed E-state index contributed by atoms with van der Waals surface area (Å²) < 4.78 is 37.2. The fraction of sp³-hybridized carbons (Fsp3) is 0.700. The average Bonchev–Trinajstić information content (AvgIpc) is 2.47. The van der Waals surface area contributed by atoms with E-state index in [1.807, 2.05) is 14.0 Å². The second-order valence-corrected chi connectivity index (χ2v) is 3.77. The third-order valence-electron chi connectivity index (χ3n) is 2.47. The standard InChI is InChI=1S/C10H16F3N3/c1-8-9(7-15-16(8)2)6-14-5-3-4-10(11,12)13/h7,14H,3-6H2,1-2H3. The van der Waals surface area contributed by atoms with Crippen LogP contribution in [-0.2, 0) is 13.6 Å². The van der Waals surface area contributed by atoms with Crippen LogP contribution < -0.4 is 5.32 Å². The van der Waals surface area contributed by atoms with Crippen molar-refractivity contribution in [2.75, 3.05) is 6.54 Å². The van der Waals surface area contributed by atoms with Crippen LogP contribution in [0.15, 0.2) is 6.20 Å². The van der Waals surface area contributed by atoms with Gasteiger partial charge in [0.2, 0.25) is 0 Å². The Bertz CT molecular complexity index is 331. The Labute approximate surface area is 92.6 Å². The molecule has 0 amide bonds. The molecule has 0 unspecified atom stereocenters. The molecule has 0 spiro atoms. The molecule has 1 aromatic rings. The molecule has 92 valence electrons. The Hall–Kier alpha value is -1.04. The van der Waals surface area contributed by atoms with Crippen LogP contribution in [0.4, 0.5) is 13.2 Å². The van der Waals surface area contributed by atoms with Crippen LogP contribution in [-0.4, -0.2) is 22.5 Å². The van der Waals surface area contributed by atoms with Crippen molar-refractivity contribution < 1.29 is 13.2 Å². The van der Waals surface area contributed by atoms with Crippen LogP contribution in [0.25, 0.3) is 0 Å². The predicted octanol–water partition coefficient (Wildman–Crippen LogP) is 2.16. The summed E-state index contributed by atoms with van der Waals surface area (Å²) in [5, 5.41) is 7.03. The molecule has 16 heavy (non-hydrogen) atoms. The zero-order valence-corrected chi connectivity index (χ0v) is 9.43. The van der Waals surface area contributed by atoms with E-state index >= 15 is 0 Å². The average molecular weight is 235 g/mol. The van der Waals surface area contributed by atoms with Crippen molar-refractivity contribution in [2.24, 2.45) is 7.05 Å². The second-order valence-electron chi connectivity index (χ2n) is 3.77. The molecule has 6 heteroatoms. The highest BCUT2D eigenvalue weighted by Crippen LogP contribution is 2.20. The second kappa shape index (κ2) is 5.34. The van der Waals surface area contributed by atoms with Crippen molar-refractivity contribution in [3.8, 4) is 0 Å². The SMILES string of the molecule is Cc1c(CNCCCC(F)(F)F)cnn1C. The summed E-state index contributed by atoms with van der Waals surface area (Å²) in [5.74, 6) is 0. The normalized spacial score (nSPS) is 12.1. The lowest BCUT2D eigenvalue weighted by molar-refractivity contribution is -0.135. The number of halogens is 3. The Balaban J connectivity index is 2.19. The summed E-state index contributed by atoms with van der Waals surface area (Å²) in [7, 11) is 1.84. The number of aryl methyl sites for hydroxylation is 1. The molecule has 0 aliphatic rings. The van der Waals surface area contributed by atoms with Gasteiger partial charge in [0.05, 0.1) is 6.20 Å². The fourth-order valence-corrected chi connectivity index (χ4v) is 1.35. The van der Waals surface area contributed by atoms with Gasteiger partial charge in [-0.15, -0.1) is 0 Å². The predicted molar refractivity (Wildman–Crippen MR) is 54.9 cm³/mol. The minimum absolute atomic E-state index is 0.114. The van der Waals surface area contributed by atoms with Gasteiger partial charge in [0.25, 0.3) is 0 Å². The van der Waals surface area contributed by atoms with Gasteiger partial charge in [0.1, 0.15) is 0 Å². The zero-order valence-electron chi connectivity index (χ0n) is 9.43. The van der Waals surface area contributed by atoms with Gasteiger partial charge in [-0.2, -0.15) is 18.3 Å². The van der Waals surface area contributed by atoms with E-state index < -0.39 is 12.6 Å². The summed E-state index contributed by atoms with van der Waals surface area (Å²) >= 11 is 0. The maximum absolute atomic E-state index is 11.8. The van der Waals surface area contributed by atoms with E-state index in [9.17, 15) is 13.2 Å². The van der Waals surface area contributed by atoms with E-state index in [-0.39, 0.29) is 6.42 Å². The number of hydrogen-bond donors (Lipinski definition) is 1. The minimum Gasteiger partial charge on any atom is -0.313 e. The third kappa shape index (κ3) is 4.22. The quantitative estimate of drug-likeness (QED) is 0.792.